The van der Waals surface area contributed by atoms with Gasteiger partial charge in [-0.05, 0) is 23.3 Å². The maximum Gasteiger partial charge on any atom is 0.306 e. The minimum atomic E-state index is -1.04. The van der Waals surface area contributed by atoms with Crippen molar-refractivity contribution in [1.82, 2.24) is 0 Å². The maximum atomic E-state index is 10.4. The van der Waals surface area contributed by atoms with Crippen LogP contribution >= 0.6 is 0 Å². The lowest BCUT2D eigenvalue weighted by molar-refractivity contribution is -0.139. The lowest BCUT2D eigenvalue weighted by Crippen LogP contribution is -2.21. The van der Waals surface area contributed by atoms with Crippen LogP contribution in [0.15, 0.2) is 54.6 Å². The largest absolute Gasteiger partial charge is 0.491 e. The Morgan fingerprint density at radius 2 is 1.60 bits per heavy atom. The van der Waals surface area contributed by atoms with Gasteiger partial charge in [-0.2, -0.15) is 0 Å². The van der Waals surface area contributed by atoms with Gasteiger partial charge in [-0.25, -0.2) is 0 Å². The molecule has 0 radical (unpaired) electrons. The van der Waals surface area contributed by atoms with Crippen molar-refractivity contribution >= 4 is 5.97 Å². The van der Waals surface area contributed by atoms with E-state index in [0.717, 1.165) is 11.1 Å². The zero-order chi connectivity index (χ0) is 14.4. The average Bonchev–Trinajstić information content (AvgIpc) is 2.46. The number of benzene rings is 2. The molecule has 1 atom stereocenters. The highest BCUT2D eigenvalue weighted by atomic mass is 16.5. The number of rotatable bonds is 6. The van der Waals surface area contributed by atoms with Crippen molar-refractivity contribution < 1.29 is 19.7 Å². The molecule has 4 nitrogen and oxygen atoms in total. The highest BCUT2D eigenvalue weighted by molar-refractivity contribution is 5.67. The summed E-state index contributed by atoms with van der Waals surface area (Å²) in [6.07, 6.45) is -1.32. The fraction of sp³-hybridized carbons (Fsp3) is 0.188. The first kappa shape index (κ1) is 14.1. The Balaban J connectivity index is 1.94. The highest BCUT2D eigenvalue weighted by Crippen LogP contribution is 2.22. The summed E-state index contributed by atoms with van der Waals surface area (Å²) in [5, 5.41) is 17.9. The first-order chi connectivity index (χ1) is 9.65. The van der Waals surface area contributed by atoms with Crippen LogP contribution in [0.4, 0.5) is 0 Å². The number of hydrogen-bond acceptors (Lipinski definition) is 3. The molecule has 0 aromatic heterocycles. The molecule has 0 heterocycles. The number of carboxylic acid groups (broad SMARTS) is 1. The number of aliphatic hydroxyl groups is 1. The lowest BCUT2D eigenvalue weighted by atomic mass is 10.1. The van der Waals surface area contributed by atoms with E-state index in [0.29, 0.717) is 5.75 Å². The van der Waals surface area contributed by atoms with Gasteiger partial charge < -0.3 is 14.9 Å². The Morgan fingerprint density at radius 3 is 2.20 bits per heavy atom. The molecule has 0 amide bonds. The van der Waals surface area contributed by atoms with Crippen molar-refractivity contribution in [3.05, 3.63) is 54.6 Å². The maximum absolute atomic E-state index is 10.4. The third kappa shape index (κ3) is 4.10. The van der Waals surface area contributed by atoms with Gasteiger partial charge in [0.05, 0.1) is 12.5 Å². The summed E-state index contributed by atoms with van der Waals surface area (Å²) in [5.74, 6) is -0.436. The van der Waals surface area contributed by atoms with E-state index < -0.39 is 12.1 Å². The Labute approximate surface area is 117 Å². The summed E-state index contributed by atoms with van der Waals surface area (Å²) in [6, 6.07) is 17.4. The summed E-state index contributed by atoms with van der Waals surface area (Å²) >= 11 is 0. The van der Waals surface area contributed by atoms with Crippen LogP contribution in [0, 0.1) is 0 Å². The second-order valence-corrected chi connectivity index (χ2v) is 4.45. The normalized spacial score (nSPS) is 11.8. The SMILES string of the molecule is O=C(O)C[C@@H](O)COc1ccc(-c2ccccc2)cc1. The topological polar surface area (TPSA) is 66.8 Å². The van der Waals surface area contributed by atoms with Gasteiger partial charge in [-0.1, -0.05) is 42.5 Å². The van der Waals surface area contributed by atoms with Gasteiger partial charge in [0.25, 0.3) is 0 Å². The molecular formula is C16H16O4. The van der Waals surface area contributed by atoms with Gasteiger partial charge in [0.15, 0.2) is 0 Å². The van der Waals surface area contributed by atoms with Gasteiger partial charge >= 0.3 is 5.97 Å². The van der Waals surface area contributed by atoms with E-state index in [9.17, 15) is 9.90 Å². The molecule has 0 fully saturated rings. The Morgan fingerprint density at radius 1 is 1.00 bits per heavy atom. The molecule has 104 valence electrons. The van der Waals surface area contributed by atoms with Crippen LogP contribution in [0.25, 0.3) is 11.1 Å². The molecule has 2 N–H and O–H groups in total. The zero-order valence-corrected chi connectivity index (χ0v) is 10.9. The molecular weight excluding hydrogens is 256 g/mol. The van der Waals surface area contributed by atoms with E-state index in [-0.39, 0.29) is 13.0 Å². The predicted molar refractivity (Wildman–Crippen MR) is 75.6 cm³/mol. The van der Waals surface area contributed by atoms with E-state index in [1.165, 1.54) is 0 Å². The number of hydrogen-bond donors (Lipinski definition) is 2. The van der Waals surface area contributed by atoms with Crippen molar-refractivity contribution in [2.45, 2.75) is 12.5 Å². The van der Waals surface area contributed by atoms with E-state index in [1.807, 2.05) is 42.5 Å². The smallest absolute Gasteiger partial charge is 0.306 e. The summed E-state index contributed by atoms with van der Waals surface area (Å²) < 4.78 is 5.35. The van der Waals surface area contributed by atoms with Gasteiger partial charge in [-0.15, -0.1) is 0 Å². The Kier molecular flexibility index (Phi) is 4.74. The van der Waals surface area contributed by atoms with Crippen molar-refractivity contribution in [1.29, 1.82) is 0 Å². The van der Waals surface area contributed by atoms with Gasteiger partial charge in [0, 0.05) is 0 Å². The molecule has 0 spiro atoms. The Hall–Kier alpha value is -2.33. The standard InChI is InChI=1S/C16H16O4/c17-14(10-16(18)19)11-20-15-8-6-13(7-9-15)12-4-2-1-3-5-12/h1-9,14,17H,10-11H2,(H,18,19)/t14-/m1/s1. The zero-order valence-electron chi connectivity index (χ0n) is 10.9. The van der Waals surface area contributed by atoms with Crippen LogP contribution in [-0.2, 0) is 4.79 Å². The monoisotopic (exact) mass is 272 g/mol. The van der Waals surface area contributed by atoms with Crippen molar-refractivity contribution in [3.63, 3.8) is 0 Å². The van der Waals surface area contributed by atoms with Crippen LogP contribution in [0.2, 0.25) is 0 Å². The van der Waals surface area contributed by atoms with Crippen LogP contribution < -0.4 is 4.74 Å². The van der Waals surface area contributed by atoms with Gasteiger partial charge in [0.1, 0.15) is 12.4 Å². The summed E-state index contributed by atoms with van der Waals surface area (Å²) in [6.45, 7) is -0.0308. The molecule has 0 aliphatic carbocycles. The van der Waals surface area contributed by atoms with E-state index in [1.54, 1.807) is 12.1 Å². The third-order valence-electron chi connectivity index (χ3n) is 2.81. The number of ether oxygens (including phenoxy) is 1. The second kappa shape index (κ2) is 6.73. The minimum absolute atomic E-state index is 0.0308. The molecule has 0 aliphatic rings. The molecule has 0 saturated heterocycles. The fourth-order valence-electron chi connectivity index (χ4n) is 1.83. The highest BCUT2D eigenvalue weighted by Gasteiger charge is 2.10. The molecule has 2 aromatic rings. The molecule has 2 rings (SSSR count). The van der Waals surface area contributed by atoms with Crippen LogP contribution in [-0.4, -0.2) is 28.9 Å². The molecule has 0 saturated carbocycles. The molecule has 20 heavy (non-hydrogen) atoms. The van der Waals surface area contributed by atoms with E-state index >= 15 is 0 Å². The quantitative estimate of drug-likeness (QED) is 0.848. The summed E-state index contributed by atoms with van der Waals surface area (Å²) in [7, 11) is 0. The van der Waals surface area contributed by atoms with Crippen molar-refractivity contribution in [2.24, 2.45) is 0 Å². The fourth-order valence-corrected chi connectivity index (χ4v) is 1.83. The number of aliphatic carboxylic acids is 1. The van der Waals surface area contributed by atoms with E-state index in [4.69, 9.17) is 9.84 Å². The van der Waals surface area contributed by atoms with Crippen molar-refractivity contribution in [3.8, 4) is 16.9 Å². The van der Waals surface area contributed by atoms with Crippen LogP contribution in [0.1, 0.15) is 6.42 Å². The molecule has 0 bridgehead atoms. The summed E-state index contributed by atoms with van der Waals surface area (Å²) in [4.78, 5) is 10.4. The van der Waals surface area contributed by atoms with Crippen LogP contribution in [0.3, 0.4) is 0 Å². The number of aliphatic hydroxyl groups excluding tert-OH is 1. The first-order valence-electron chi connectivity index (χ1n) is 6.33. The Bertz CT molecular complexity index is 548. The number of carboxylic acids is 1. The average molecular weight is 272 g/mol. The van der Waals surface area contributed by atoms with E-state index in [2.05, 4.69) is 0 Å². The molecule has 2 aromatic carbocycles. The minimum Gasteiger partial charge on any atom is -0.491 e. The molecule has 0 unspecified atom stereocenters. The van der Waals surface area contributed by atoms with Gasteiger partial charge in [-0.3, -0.25) is 4.79 Å². The molecule has 4 heteroatoms. The lowest BCUT2D eigenvalue weighted by Gasteiger charge is -2.11. The first-order valence-corrected chi connectivity index (χ1v) is 6.33. The van der Waals surface area contributed by atoms with Gasteiger partial charge in [0.2, 0.25) is 0 Å². The molecule has 0 aliphatic heterocycles. The predicted octanol–water partition coefficient (Wildman–Crippen LogP) is 2.57. The van der Waals surface area contributed by atoms with Crippen LogP contribution in [0.5, 0.6) is 5.75 Å². The second-order valence-electron chi connectivity index (χ2n) is 4.45. The van der Waals surface area contributed by atoms with Crippen molar-refractivity contribution in [2.75, 3.05) is 6.61 Å². The summed E-state index contributed by atoms with van der Waals surface area (Å²) in [5.41, 5.74) is 2.19. The third-order valence-corrected chi connectivity index (χ3v) is 2.81. The number of carbonyl (C=O) groups is 1.